The summed E-state index contributed by atoms with van der Waals surface area (Å²) in [6.45, 7) is 2.30. The number of alkyl halides is 1. The Morgan fingerprint density at radius 3 is 2.33 bits per heavy atom. The highest BCUT2D eigenvalue weighted by atomic mass is 19.1. The number of hydrogen-bond acceptors (Lipinski definition) is 2. The van der Waals surface area contributed by atoms with Crippen LogP contribution in [0.2, 0.25) is 0 Å². The topological polar surface area (TPSA) is 15.3 Å². The smallest absolute Gasteiger partial charge is 0.130 e. The summed E-state index contributed by atoms with van der Waals surface area (Å²) in [7, 11) is 0. The summed E-state index contributed by atoms with van der Waals surface area (Å²) < 4.78 is 40.2. The van der Waals surface area contributed by atoms with Crippen LogP contribution in [0.1, 0.15) is 18.0 Å². The van der Waals surface area contributed by atoms with E-state index < -0.39 is 24.4 Å². The van der Waals surface area contributed by atoms with Crippen molar-refractivity contribution in [3.63, 3.8) is 0 Å². The first-order valence-electron chi connectivity index (χ1n) is 6.18. The van der Waals surface area contributed by atoms with Gasteiger partial charge in [0.25, 0.3) is 0 Å². The van der Waals surface area contributed by atoms with Gasteiger partial charge in [-0.1, -0.05) is 6.07 Å². The Balaban J connectivity index is 2.28. The third kappa shape index (κ3) is 2.84. The van der Waals surface area contributed by atoms with E-state index in [4.69, 9.17) is 0 Å². The zero-order chi connectivity index (χ0) is 13.0. The van der Waals surface area contributed by atoms with Gasteiger partial charge >= 0.3 is 0 Å². The lowest BCUT2D eigenvalue weighted by atomic mass is 10.0. The molecule has 1 aliphatic rings. The Morgan fingerprint density at radius 2 is 1.78 bits per heavy atom. The third-order valence-electron chi connectivity index (χ3n) is 3.31. The minimum Gasteiger partial charge on any atom is -0.314 e. The standard InChI is InChI=1S/C13H17F3N2/c14-5-4-12(18-8-6-17-7-9-18)13-10(15)2-1-3-11(13)16/h1-3,12,17H,4-9H2/t12-/m1/s1. The van der Waals surface area contributed by atoms with Crippen molar-refractivity contribution in [2.75, 3.05) is 32.9 Å². The molecule has 0 bridgehead atoms. The van der Waals surface area contributed by atoms with E-state index in [1.54, 1.807) is 0 Å². The Morgan fingerprint density at radius 1 is 1.17 bits per heavy atom. The second kappa shape index (κ2) is 6.20. The number of rotatable bonds is 4. The van der Waals surface area contributed by atoms with Crippen LogP contribution in [0, 0.1) is 11.6 Å². The molecule has 0 saturated carbocycles. The molecule has 18 heavy (non-hydrogen) atoms. The molecule has 5 heteroatoms. The highest BCUT2D eigenvalue weighted by molar-refractivity contribution is 5.23. The predicted molar refractivity (Wildman–Crippen MR) is 64.1 cm³/mol. The number of nitrogens with zero attached hydrogens (tertiary/aromatic N) is 1. The fourth-order valence-corrected chi connectivity index (χ4v) is 2.44. The highest BCUT2D eigenvalue weighted by Crippen LogP contribution is 2.29. The van der Waals surface area contributed by atoms with Gasteiger partial charge in [0.15, 0.2) is 0 Å². The van der Waals surface area contributed by atoms with Crippen LogP contribution in [-0.4, -0.2) is 37.8 Å². The zero-order valence-corrected chi connectivity index (χ0v) is 10.1. The number of benzene rings is 1. The molecule has 1 saturated heterocycles. The molecule has 0 aromatic heterocycles. The SMILES string of the molecule is FCC[C@H](c1c(F)cccc1F)N1CCNCC1. The van der Waals surface area contributed by atoms with E-state index in [2.05, 4.69) is 5.32 Å². The molecule has 0 spiro atoms. The minimum absolute atomic E-state index is 0.00273. The maximum absolute atomic E-state index is 13.8. The van der Waals surface area contributed by atoms with Gasteiger partial charge in [-0.2, -0.15) is 0 Å². The monoisotopic (exact) mass is 258 g/mol. The second-order valence-corrected chi connectivity index (χ2v) is 4.41. The van der Waals surface area contributed by atoms with Crippen molar-refractivity contribution < 1.29 is 13.2 Å². The molecule has 0 unspecified atom stereocenters. The normalized spacial score (nSPS) is 18.8. The fourth-order valence-electron chi connectivity index (χ4n) is 2.44. The largest absolute Gasteiger partial charge is 0.314 e. The first kappa shape index (κ1) is 13.4. The first-order valence-corrected chi connectivity index (χ1v) is 6.18. The molecule has 100 valence electrons. The quantitative estimate of drug-likeness (QED) is 0.891. The molecule has 1 atom stereocenters. The molecule has 1 heterocycles. The van der Waals surface area contributed by atoms with Gasteiger partial charge in [0.05, 0.1) is 6.67 Å². The van der Waals surface area contributed by atoms with Crippen LogP contribution >= 0.6 is 0 Å². The molecule has 0 aliphatic carbocycles. The van der Waals surface area contributed by atoms with Crippen molar-refractivity contribution in [1.82, 2.24) is 10.2 Å². The molecular formula is C13H17F3N2. The van der Waals surface area contributed by atoms with Gasteiger partial charge in [-0.25, -0.2) is 8.78 Å². The first-order chi connectivity index (χ1) is 8.74. The average molecular weight is 258 g/mol. The lowest BCUT2D eigenvalue weighted by Gasteiger charge is -2.35. The summed E-state index contributed by atoms with van der Waals surface area (Å²) in [5, 5.41) is 3.17. The van der Waals surface area contributed by atoms with Gasteiger partial charge in [0.1, 0.15) is 11.6 Å². The van der Waals surface area contributed by atoms with Gasteiger partial charge < -0.3 is 5.32 Å². The lowest BCUT2D eigenvalue weighted by molar-refractivity contribution is 0.151. The van der Waals surface area contributed by atoms with Gasteiger partial charge in [0.2, 0.25) is 0 Å². The van der Waals surface area contributed by atoms with Crippen LogP contribution in [0.25, 0.3) is 0 Å². The molecule has 0 radical (unpaired) electrons. The Hall–Kier alpha value is -1.07. The van der Waals surface area contributed by atoms with Crippen LogP contribution in [0.4, 0.5) is 13.2 Å². The van der Waals surface area contributed by atoms with Crippen LogP contribution in [0.15, 0.2) is 18.2 Å². The summed E-state index contributed by atoms with van der Waals surface area (Å²) in [6.07, 6.45) is 0.123. The van der Waals surface area contributed by atoms with E-state index >= 15 is 0 Å². The van der Waals surface area contributed by atoms with Crippen LogP contribution in [-0.2, 0) is 0 Å². The Bertz CT molecular complexity index is 372. The highest BCUT2D eigenvalue weighted by Gasteiger charge is 2.26. The number of hydrogen-bond donors (Lipinski definition) is 1. The second-order valence-electron chi connectivity index (χ2n) is 4.41. The molecule has 1 fully saturated rings. The van der Waals surface area contributed by atoms with Crippen molar-refractivity contribution in [1.29, 1.82) is 0 Å². The average Bonchev–Trinajstić information content (AvgIpc) is 2.38. The van der Waals surface area contributed by atoms with Gasteiger partial charge in [-0.15, -0.1) is 0 Å². The maximum atomic E-state index is 13.8. The van der Waals surface area contributed by atoms with Crippen LogP contribution in [0.3, 0.4) is 0 Å². The molecular weight excluding hydrogens is 241 g/mol. The number of nitrogens with one attached hydrogen (secondary N) is 1. The fraction of sp³-hybridized carbons (Fsp3) is 0.538. The van der Waals surface area contributed by atoms with Gasteiger partial charge in [-0.05, 0) is 18.6 Å². The summed E-state index contributed by atoms with van der Waals surface area (Å²) >= 11 is 0. The van der Waals surface area contributed by atoms with Crippen molar-refractivity contribution >= 4 is 0 Å². The van der Waals surface area contributed by atoms with Crippen molar-refractivity contribution in [3.8, 4) is 0 Å². The number of halogens is 3. The Kier molecular flexibility index (Phi) is 4.60. The molecule has 1 N–H and O–H groups in total. The van der Waals surface area contributed by atoms with Crippen molar-refractivity contribution in [2.24, 2.45) is 0 Å². The van der Waals surface area contributed by atoms with Gasteiger partial charge in [-0.3, -0.25) is 9.29 Å². The molecule has 2 nitrogen and oxygen atoms in total. The van der Waals surface area contributed by atoms with E-state index in [-0.39, 0.29) is 12.0 Å². The molecule has 1 aliphatic heterocycles. The zero-order valence-electron chi connectivity index (χ0n) is 10.1. The summed E-state index contributed by atoms with van der Waals surface area (Å²) in [4.78, 5) is 1.94. The van der Waals surface area contributed by atoms with Crippen molar-refractivity contribution in [3.05, 3.63) is 35.4 Å². The van der Waals surface area contributed by atoms with E-state index in [1.165, 1.54) is 18.2 Å². The van der Waals surface area contributed by atoms with E-state index in [0.717, 1.165) is 13.1 Å². The van der Waals surface area contributed by atoms with Crippen LogP contribution in [0.5, 0.6) is 0 Å². The third-order valence-corrected chi connectivity index (χ3v) is 3.31. The summed E-state index contributed by atoms with van der Waals surface area (Å²) in [5.74, 6) is -1.18. The van der Waals surface area contributed by atoms with E-state index in [1.807, 2.05) is 4.90 Å². The molecule has 0 amide bonds. The van der Waals surface area contributed by atoms with Gasteiger partial charge in [0, 0.05) is 37.8 Å². The molecule has 1 aromatic carbocycles. The molecule has 1 aromatic rings. The minimum atomic E-state index is -0.591. The lowest BCUT2D eigenvalue weighted by Crippen LogP contribution is -2.45. The Labute approximate surface area is 105 Å². The summed E-state index contributed by atoms with van der Waals surface area (Å²) in [5.41, 5.74) is -0.00273. The van der Waals surface area contributed by atoms with E-state index in [9.17, 15) is 13.2 Å². The maximum Gasteiger partial charge on any atom is 0.130 e. The van der Waals surface area contributed by atoms with E-state index in [0.29, 0.717) is 13.1 Å². The summed E-state index contributed by atoms with van der Waals surface area (Å²) in [6, 6.07) is 3.27. The van der Waals surface area contributed by atoms with Crippen molar-refractivity contribution in [2.45, 2.75) is 12.5 Å². The molecule has 2 rings (SSSR count). The number of piperazine rings is 1. The van der Waals surface area contributed by atoms with Crippen LogP contribution < -0.4 is 5.32 Å². The predicted octanol–water partition coefficient (Wildman–Crippen LogP) is 2.27.